The van der Waals surface area contributed by atoms with Crippen molar-refractivity contribution >= 4 is 11.6 Å². The summed E-state index contributed by atoms with van der Waals surface area (Å²) in [6.45, 7) is 2.59. The van der Waals surface area contributed by atoms with Crippen LogP contribution >= 0.6 is 11.6 Å². The van der Waals surface area contributed by atoms with Crippen LogP contribution in [-0.4, -0.2) is 6.54 Å². The van der Waals surface area contributed by atoms with E-state index in [1.165, 1.54) is 18.2 Å². The van der Waals surface area contributed by atoms with Crippen molar-refractivity contribution < 1.29 is 8.78 Å². The monoisotopic (exact) mass is 281 g/mol. The standard InChI is InChI=1S/C15H14ClF2N/c1-2-19-15(11-5-3-4-6-13(11)17)10-7-8-14(18)12(16)9-10/h3-9,15,19H,2H2,1H3. The van der Waals surface area contributed by atoms with E-state index < -0.39 is 5.82 Å². The van der Waals surface area contributed by atoms with Crippen molar-refractivity contribution in [3.8, 4) is 0 Å². The van der Waals surface area contributed by atoms with Gasteiger partial charge in [0.2, 0.25) is 0 Å². The van der Waals surface area contributed by atoms with Gasteiger partial charge in [-0.1, -0.05) is 42.8 Å². The lowest BCUT2D eigenvalue weighted by atomic mass is 9.98. The molecule has 4 heteroatoms. The summed E-state index contributed by atoms with van der Waals surface area (Å²) in [4.78, 5) is 0. The molecule has 0 aliphatic rings. The van der Waals surface area contributed by atoms with Gasteiger partial charge < -0.3 is 5.32 Å². The van der Waals surface area contributed by atoms with E-state index in [1.54, 1.807) is 24.3 Å². The molecular formula is C15H14ClF2N. The lowest BCUT2D eigenvalue weighted by Gasteiger charge is -2.19. The van der Waals surface area contributed by atoms with Gasteiger partial charge in [-0.3, -0.25) is 0 Å². The highest BCUT2D eigenvalue weighted by atomic mass is 35.5. The molecule has 2 aromatic rings. The van der Waals surface area contributed by atoms with E-state index in [-0.39, 0.29) is 16.9 Å². The Morgan fingerprint density at radius 3 is 2.47 bits per heavy atom. The second kappa shape index (κ2) is 6.13. The Morgan fingerprint density at radius 1 is 1.11 bits per heavy atom. The molecule has 0 saturated carbocycles. The predicted molar refractivity (Wildman–Crippen MR) is 73.3 cm³/mol. The number of hydrogen-bond acceptors (Lipinski definition) is 1. The Balaban J connectivity index is 2.45. The number of halogens is 3. The normalized spacial score (nSPS) is 12.4. The van der Waals surface area contributed by atoms with Crippen LogP contribution in [0.25, 0.3) is 0 Å². The summed E-state index contributed by atoms with van der Waals surface area (Å²) in [5.41, 5.74) is 1.25. The van der Waals surface area contributed by atoms with E-state index in [1.807, 2.05) is 6.92 Å². The highest BCUT2D eigenvalue weighted by Gasteiger charge is 2.17. The number of rotatable bonds is 4. The molecule has 0 radical (unpaired) electrons. The molecule has 0 saturated heterocycles. The first-order valence-corrected chi connectivity index (χ1v) is 6.44. The van der Waals surface area contributed by atoms with Crippen LogP contribution in [0.15, 0.2) is 42.5 Å². The molecule has 0 aromatic heterocycles. The quantitative estimate of drug-likeness (QED) is 0.880. The van der Waals surface area contributed by atoms with Gasteiger partial charge in [0.25, 0.3) is 0 Å². The first kappa shape index (κ1) is 14.0. The largest absolute Gasteiger partial charge is 0.306 e. The van der Waals surface area contributed by atoms with Crippen LogP contribution in [0.4, 0.5) is 8.78 Å². The van der Waals surface area contributed by atoms with E-state index in [0.717, 1.165) is 5.56 Å². The van der Waals surface area contributed by atoms with Gasteiger partial charge in [0, 0.05) is 5.56 Å². The molecule has 19 heavy (non-hydrogen) atoms. The number of nitrogens with one attached hydrogen (secondary N) is 1. The zero-order chi connectivity index (χ0) is 13.8. The predicted octanol–water partition coefficient (Wildman–Crippen LogP) is 4.32. The molecule has 1 nitrogen and oxygen atoms in total. The van der Waals surface area contributed by atoms with Crippen molar-refractivity contribution in [3.63, 3.8) is 0 Å². The van der Waals surface area contributed by atoms with Crippen LogP contribution in [0.5, 0.6) is 0 Å². The van der Waals surface area contributed by atoms with Gasteiger partial charge in [-0.25, -0.2) is 8.78 Å². The lowest BCUT2D eigenvalue weighted by Crippen LogP contribution is -2.23. The highest BCUT2D eigenvalue weighted by Crippen LogP contribution is 2.27. The van der Waals surface area contributed by atoms with E-state index in [9.17, 15) is 8.78 Å². The first-order chi connectivity index (χ1) is 9.13. The second-order valence-corrected chi connectivity index (χ2v) is 4.59. The first-order valence-electron chi connectivity index (χ1n) is 6.06. The molecule has 2 rings (SSSR count). The van der Waals surface area contributed by atoms with E-state index in [0.29, 0.717) is 12.1 Å². The summed E-state index contributed by atoms with van der Waals surface area (Å²) in [6, 6.07) is 10.6. The van der Waals surface area contributed by atoms with Gasteiger partial charge in [-0.05, 0) is 30.3 Å². The molecular weight excluding hydrogens is 268 g/mol. The van der Waals surface area contributed by atoms with Crippen molar-refractivity contribution in [2.75, 3.05) is 6.54 Å². The van der Waals surface area contributed by atoms with Gasteiger partial charge in [-0.15, -0.1) is 0 Å². The topological polar surface area (TPSA) is 12.0 Å². The molecule has 1 N–H and O–H groups in total. The summed E-state index contributed by atoms with van der Waals surface area (Å²) in [5, 5.41) is 3.22. The zero-order valence-electron chi connectivity index (χ0n) is 10.5. The van der Waals surface area contributed by atoms with Gasteiger partial charge in [0.05, 0.1) is 11.1 Å². The van der Waals surface area contributed by atoms with Crippen molar-refractivity contribution in [3.05, 3.63) is 70.2 Å². The average molecular weight is 282 g/mol. The summed E-state index contributed by atoms with van der Waals surface area (Å²) in [6.07, 6.45) is 0. The smallest absolute Gasteiger partial charge is 0.141 e. The SMILES string of the molecule is CCNC(c1ccc(F)c(Cl)c1)c1ccccc1F. The third-order valence-electron chi connectivity index (χ3n) is 2.90. The van der Waals surface area contributed by atoms with E-state index in [2.05, 4.69) is 5.32 Å². The molecule has 0 fully saturated rings. The molecule has 0 aliphatic carbocycles. The van der Waals surface area contributed by atoms with Gasteiger partial charge in [0.1, 0.15) is 11.6 Å². The minimum Gasteiger partial charge on any atom is -0.306 e. The lowest BCUT2D eigenvalue weighted by molar-refractivity contribution is 0.557. The summed E-state index contributed by atoms with van der Waals surface area (Å²) in [7, 11) is 0. The average Bonchev–Trinajstić information content (AvgIpc) is 2.40. The zero-order valence-corrected chi connectivity index (χ0v) is 11.2. The van der Waals surface area contributed by atoms with E-state index in [4.69, 9.17) is 11.6 Å². The summed E-state index contributed by atoms with van der Waals surface area (Å²) in [5.74, 6) is -0.775. The van der Waals surface area contributed by atoms with Gasteiger partial charge in [0.15, 0.2) is 0 Å². The fourth-order valence-electron chi connectivity index (χ4n) is 2.01. The summed E-state index contributed by atoms with van der Waals surface area (Å²) >= 11 is 5.79. The second-order valence-electron chi connectivity index (χ2n) is 4.19. The Labute approximate surface area is 116 Å². The minimum absolute atomic E-state index is 0.0387. The summed E-state index contributed by atoms with van der Waals surface area (Å²) < 4.78 is 27.1. The van der Waals surface area contributed by atoms with Crippen molar-refractivity contribution in [1.82, 2.24) is 5.32 Å². The molecule has 1 atom stereocenters. The maximum Gasteiger partial charge on any atom is 0.141 e. The van der Waals surface area contributed by atoms with Crippen molar-refractivity contribution in [2.24, 2.45) is 0 Å². The third-order valence-corrected chi connectivity index (χ3v) is 3.19. The molecule has 0 bridgehead atoms. The highest BCUT2D eigenvalue weighted by molar-refractivity contribution is 6.30. The fourth-order valence-corrected chi connectivity index (χ4v) is 2.20. The Morgan fingerprint density at radius 2 is 1.84 bits per heavy atom. The van der Waals surface area contributed by atoms with Gasteiger partial charge in [-0.2, -0.15) is 0 Å². The third kappa shape index (κ3) is 3.11. The number of hydrogen-bond donors (Lipinski definition) is 1. The number of benzene rings is 2. The maximum absolute atomic E-state index is 13.9. The van der Waals surface area contributed by atoms with Crippen LogP contribution in [0.2, 0.25) is 5.02 Å². The molecule has 0 heterocycles. The van der Waals surface area contributed by atoms with Crippen LogP contribution in [0.1, 0.15) is 24.1 Å². The fraction of sp³-hybridized carbons (Fsp3) is 0.200. The van der Waals surface area contributed by atoms with Crippen LogP contribution in [-0.2, 0) is 0 Å². The Hall–Kier alpha value is -1.45. The Bertz CT molecular complexity index is 572. The van der Waals surface area contributed by atoms with Crippen LogP contribution in [0, 0.1) is 11.6 Å². The maximum atomic E-state index is 13.9. The van der Waals surface area contributed by atoms with E-state index >= 15 is 0 Å². The van der Waals surface area contributed by atoms with Crippen molar-refractivity contribution in [1.29, 1.82) is 0 Å². The van der Waals surface area contributed by atoms with Crippen molar-refractivity contribution in [2.45, 2.75) is 13.0 Å². The van der Waals surface area contributed by atoms with Crippen LogP contribution < -0.4 is 5.32 Å². The molecule has 100 valence electrons. The van der Waals surface area contributed by atoms with Gasteiger partial charge >= 0.3 is 0 Å². The molecule has 2 aromatic carbocycles. The molecule has 0 aliphatic heterocycles. The van der Waals surface area contributed by atoms with Crippen LogP contribution in [0.3, 0.4) is 0 Å². The minimum atomic E-state index is -0.478. The molecule has 1 unspecified atom stereocenters. The Kier molecular flexibility index (Phi) is 4.51. The molecule has 0 spiro atoms. The molecule has 0 amide bonds.